The smallest absolute Gasteiger partial charge is 0.164 e. The van der Waals surface area contributed by atoms with Crippen LogP contribution in [0.3, 0.4) is 0 Å². The van der Waals surface area contributed by atoms with Gasteiger partial charge in [0, 0.05) is 23.8 Å². The summed E-state index contributed by atoms with van der Waals surface area (Å²) in [5.74, 6) is 0.463. The molecule has 162 valence electrons. The predicted octanol–water partition coefficient (Wildman–Crippen LogP) is 4.31. The second kappa shape index (κ2) is 7.76. The molecule has 4 heterocycles. The summed E-state index contributed by atoms with van der Waals surface area (Å²) in [6.45, 7) is 5.00. The average molecular weight is 426 g/mol. The van der Waals surface area contributed by atoms with Crippen molar-refractivity contribution < 1.29 is 0 Å². The molecular weight excluding hydrogens is 398 g/mol. The molecule has 32 heavy (non-hydrogen) atoms. The summed E-state index contributed by atoms with van der Waals surface area (Å²) in [6.07, 6.45) is 3.62. The number of nitrogens with two attached hydrogens (primary N) is 1. The second-order valence-electron chi connectivity index (χ2n) is 8.55. The van der Waals surface area contributed by atoms with Crippen LogP contribution in [-0.2, 0) is 6.54 Å². The Balaban J connectivity index is 1.72. The minimum absolute atomic E-state index is 0.0482. The number of aryl methyl sites for hydroxylation is 1. The fraction of sp³-hybridized carbons (Fsp3) is 0.240. The molecule has 0 saturated heterocycles. The van der Waals surface area contributed by atoms with Crippen LogP contribution in [0, 0.1) is 6.92 Å². The van der Waals surface area contributed by atoms with Crippen molar-refractivity contribution in [3.05, 3.63) is 77.9 Å². The van der Waals surface area contributed by atoms with E-state index in [4.69, 9.17) is 10.8 Å². The summed E-state index contributed by atoms with van der Waals surface area (Å²) in [5, 5.41) is 5.62. The molecule has 0 bridgehead atoms. The van der Waals surface area contributed by atoms with E-state index in [1.54, 1.807) is 0 Å². The summed E-state index contributed by atoms with van der Waals surface area (Å²) < 4.78 is 4.22. The van der Waals surface area contributed by atoms with Gasteiger partial charge in [0.15, 0.2) is 5.65 Å². The van der Waals surface area contributed by atoms with E-state index in [9.17, 15) is 0 Å². The highest BCUT2D eigenvalue weighted by molar-refractivity contribution is 5.88. The highest BCUT2D eigenvalue weighted by Gasteiger charge is 2.23. The first-order chi connectivity index (χ1) is 15.4. The van der Waals surface area contributed by atoms with Crippen molar-refractivity contribution in [1.82, 2.24) is 29.0 Å². The predicted molar refractivity (Wildman–Crippen MR) is 129 cm³/mol. The number of anilines is 1. The third-order valence-electron chi connectivity index (χ3n) is 5.92. The first-order valence-electron chi connectivity index (χ1n) is 10.7. The number of nitrogens with zero attached hydrogens (tertiary/aromatic N) is 6. The van der Waals surface area contributed by atoms with E-state index in [-0.39, 0.29) is 6.04 Å². The number of nitrogen functional groups attached to an aromatic ring is 1. The lowest BCUT2D eigenvalue weighted by atomic mass is 10.0. The van der Waals surface area contributed by atoms with E-state index in [0.29, 0.717) is 5.82 Å². The lowest BCUT2D eigenvalue weighted by molar-refractivity contribution is 0.402. The number of hydrogen-bond donors (Lipinski definition) is 1. The van der Waals surface area contributed by atoms with Crippen molar-refractivity contribution in [2.75, 3.05) is 19.8 Å². The Hall–Kier alpha value is -3.71. The average Bonchev–Trinajstić information content (AvgIpc) is 3.32. The molecule has 1 aromatic carbocycles. The summed E-state index contributed by atoms with van der Waals surface area (Å²) in [4.78, 5) is 10.8. The van der Waals surface area contributed by atoms with Crippen LogP contribution in [0.5, 0.6) is 0 Å². The maximum atomic E-state index is 6.14. The normalized spacial score (nSPS) is 12.8. The number of hydrogen-bond acceptors (Lipinski definition) is 5. The molecule has 0 aliphatic heterocycles. The molecule has 0 aliphatic carbocycles. The van der Waals surface area contributed by atoms with Gasteiger partial charge in [-0.3, -0.25) is 0 Å². The van der Waals surface area contributed by atoms with Crippen molar-refractivity contribution in [1.29, 1.82) is 0 Å². The minimum Gasteiger partial charge on any atom is -0.383 e. The SMILES string of the molecule is Cc1nn(C(C)c2cc3ccccn3c2-c2cccc(CN(C)C)c2)c2ncnc(N)c12. The maximum Gasteiger partial charge on any atom is 0.164 e. The van der Waals surface area contributed by atoms with Gasteiger partial charge in [-0.2, -0.15) is 5.10 Å². The van der Waals surface area contributed by atoms with Gasteiger partial charge in [-0.15, -0.1) is 0 Å². The van der Waals surface area contributed by atoms with E-state index in [0.717, 1.165) is 34.5 Å². The third kappa shape index (κ3) is 3.31. The number of aromatic nitrogens is 5. The van der Waals surface area contributed by atoms with Crippen LogP contribution in [-0.4, -0.2) is 43.1 Å². The van der Waals surface area contributed by atoms with Gasteiger partial charge in [0.1, 0.15) is 12.1 Å². The first kappa shape index (κ1) is 20.2. The van der Waals surface area contributed by atoms with Crippen LogP contribution in [0.1, 0.15) is 29.8 Å². The van der Waals surface area contributed by atoms with Crippen LogP contribution in [0.2, 0.25) is 0 Å². The van der Waals surface area contributed by atoms with Crippen LogP contribution in [0.4, 0.5) is 5.82 Å². The fourth-order valence-electron chi connectivity index (χ4n) is 4.52. The zero-order valence-electron chi connectivity index (χ0n) is 18.8. The summed E-state index contributed by atoms with van der Waals surface area (Å²) in [5.41, 5.74) is 13.7. The van der Waals surface area contributed by atoms with Crippen molar-refractivity contribution >= 4 is 22.4 Å². The Morgan fingerprint density at radius 1 is 1.06 bits per heavy atom. The van der Waals surface area contributed by atoms with Gasteiger partial charge in [-0.05, 0) is 63.3 Å². The Bertz CT molecular complexity index is 1430. The lowest BCUT2D eigenvalue weighted by Crippen LogP contribution is -2.11. The summed E-state index contributed by atoms with van der Waals surface area (Å²) >= 11 is 0. The summed E-state index contributed by atoms with van der Waals surface area (Å²) in [7, 11) is 4.18. The van der Waals surface area contributed by atoms with Crippen LogP contribution in [0.15, 0.2) is 61.1 Å². The van der Waals surface area contributed by atoms with E-state index >= 15 is 0 Å². The van der Waals surface area contributed by atoms with Gasteiger partial charge < -0.3 is 15.0 Å². The molecule has 0 spiro atoms. The van der Waals surface area contributed by atoms with E-state index < -0.39 is 0 Å². The largest absolute Gasteiger partial charge is 0.383 e. The quantitative estimate of drug-likeness (QED) is 0.454. The molecule has 1 unspecified atom stereocenters. The number of pyridine rings is 1. The van der Waals surface area contributed by atoms with Crippen LogP contribution >= 0.6 is 0 Å². The van der Waals surface area contributed by atoms with Crippen molar-refractivity contribution in [3.63, 3.8) is 0 Å². The number of fused-ring (bicyclic) bond motifs is 2. The fourth-order valence-corrected chi connectivity index (χ4v) is 4.52. The zero-order chi connectivity index (χ0) is 22.4. The molecule has 0 radical (unpaired) electrons. The van der Waals surface area contributed by atoms with Gasteiger partial charge in [0.25, 0.3) is 0 Å². The molecule has 0 saturated carbocycles. The minimum atomic E-state index is -0.0482. The van der Waals surface area contributed by atoms with Crippen LogP contribution in [0.25, 0.3) is 27.8 Å². The van der Waals surface area contributed by atoms with Gasteiger partial charge in [0.05, 0.1) is 22.8 Å². The molecule has 0 amide bonds. The molecule has 4 aromatic heterocycles. The molecule has 5 aromatic rings. The van der Waals surface area contributed by atoms with Crippen LogP contribution < -0.4 is 5.73 Å². The van der Waals surface area contributed by atoms with Gasteiger partial charge in [0.2, 0.25) is 0 Å². The standard InChI is InChI=1S/C25H27N7/c1-16-22-24(26)27-15-28-25(22)32(29-16)17(2)21-13-20-10-5-6-11-31(20)23(21)19-9-7-8-18(12-19)14-30(3)4/h5-13,15,17H,14H2,1-4H3,(H2,26,27,28). The first-order valence-corrected chi connectivity index (χ1v) is 10.7. The Morgan fingerprint density at radius 3 is 2.72 bits per heavy atom. The Labute approximate surface area is 187 Å². The van der Waals surface area contributed by atoms with E-state index in [1.807, 2.05) is 11.6 Å². The number of benzene rings is 1. The molecule has 7 nitrogen and oxygen atoms in total. The van der Waals surface area contributed by atoms with Gasteiger partial charge in [-0.1, -0.05) is 24.3 Å². The molecule has 0 aliphatic rings. The van der Waals surface area contributed by atoms with Gasteiger partial charge >= 0.3 is 0 Å². The molecule has 7 heteroatoms. The topological polar surface area (TPSA) is 77.3 Å². The zero-order valence-corrected chi connectivity index (χ0v) is 18.8. The highest BCUT2D eigenvalue weighted by Crippen LogP contribution is 2.35. The molecule has 0 fully saturated rings. The lowest BCUT2D eigenvalue weighted by Gasteiger charge is -2.16. The van der Waals surface area contributed by atoms with E-state index in [1.165, 1.54) is 23.0 Å². The van der Waals surface area contributed by atoms with Gasteiger partial charge in [-0.25, -0.2) is 14.6 Å². The van der Waals surface area contributed by atoms with Crippen molar-refractivity contribution in [2.24, 2.45) is 0 Å². The Kier molecular flexibility index (Phi) is 4.90. The Morgan fingerprint density at radius 2 is 1.91 bits per heavy atom. The third-order valence-corrected chi connectivity index (χ3v) is 5.92. The molecular formula is C25H27N7. The molecule has 1 atom stereocenters. The number of rotatable bonds is 5. The van der Waals surface area contributed by atoms with Crippen molar-refractivity contribution in [3.8, 4) is 11.3 Å². The van der Waals surface area contributed by atoms with E-state index in [2.05, 4.69) is 95.0 Å². The molecule has 5 rings (SSSR count). The maximum absolute atomic E-state index is 6.14. The molecule has 2 N–H and O–H groups in total. The monoisotopic (exact) mass is 425 g/mol. The highest BCUT2D eigenvalue weighted by atomic mass is 15.3. The van der Waals surface area contributed by atoms with Crippen molar-refractivity contribution in [2.45, 2.75) is 26.4 Å². The second-order valence-corrected chi connectivity index (χ2v) is 8.55. The summed E-state index contributed by atoms with van der Waals surface area (Å²) in [6, 6.07) is 17.2.